The van der Waals surface area contributed by atoms with Gasteiger partial charge in [-0.05, 0) is 42.7 Å². The lowest BCUT2D eigenvalue weighted by atomic mass is 10.1. The van der Waals surface area contributed by atoms with Crippen molar-refractivity contribution in [2.75, 3.05) is 5.32 Å². The maximum absolute atomic E-state index is 13.7. The molecule has 6 aromatic heterocycles. The first-order chi connectivity index (χ1) is 17.9. The Morgan fingerprint density at radius 1 is 1.08 bits per heavy atom. The molecule has 0 bridgehead atoms. The lowest BCUT2D eigenvalue weighted by Crippen LogP contribution is -2.20. The van der Waals surface area contributed by atoms with Gasteiger partial charge in [0.1, 0.15) is 23.1 Å². The Labute approximate surface area is 214 Å². The van der Waals surface area contributed by atoms with Crippen LogP contribution in [0.1, 0.15) is 20.3 Å². The summed E-state index contributed by atoms with van der Waals surface area (Å²) in [6.45, 7) is 4.12. The summed E-state index contributed by atoms with van der Waals surface area (Å²) >= 11 is 1.03. The molecule has 0 radical (unpaired) electrons. The number of aliphatic hydroxyl groups is 1. The molecule has 9 nitrogen and oxygen atoms in total. The topological polar surface area (TPSA) is 128 Å². The fourth-order valence-corrected chi connectivity index (χ4v) is 5.02. The van der Waals surface area contributed by atoms with Crippen LogP contribution in [0.25, 0.3) is 55.3 Å². The molecule has 0 aliphatic carbocycles. The summed E-state index contributed by atoms with van der Waals surface area (Å²) in [6.07, 6.45) is 6.82. The lowest BCUT2D eigenvalue weighted by Gasteiger charge is -2.16. The summed E-state index contributed by atoms with van der Waals surface area (Å²) < 4.78 is 13.7. The van der Waals surface area contributed by atoms with Crippen LogP contribution in [-0.4, -0.2) is 46.5 Å². The molecule has 0 aliphatic heterocycles. The summed E-state index contributed by atoms with van der Waals surface area (Å²) in [5.74, 6) is 0.939. The van der Waals surface area contributed by atoms with Gasteiger partial charge in [-0.2, -0.15) is 9.49 Å². The van der Waals surface area contributed by atoms with E-state index in [2.05, 4.69) is 49.3 Å². The zero-order valence-corrected chi connectivity index (χ0v) is 20.8. The standard InChI is InChI=1S/C26H23FN8OS/c1-13(2)7-21(36)31-16-8-14(10-28-12-16)15-9-17-22(34-35-25(17)30-11-15)26-32-18-5-6-29-24(23(18)33-26)19-3-4-20(27)37-19/h3-6,8-13,21,31,36H,7H2,1-2H3,(H,32,33)(H,30,34,35). The van der Waals surface area contributed by atoms with Crippen molar-refractivity contribution in [3.63, 3.8) is 0 Å². The summed E-state index contributed by atoms with van der Waals surface area (Å²) in [5.41, 5.74) is 5.69. The highest BCUT2D eigenvalue weighted by atomic mass is 32.1. The minimum absolute atomic E-state index is 0.272. The van der Waals surface area contributed by atoms with E-state index in [1.165, 1.54) is 6.07 Å². The van der Waals surface area contributed by atoms with E-state index in [0.29, 0.717) is 45.6 Å². The predicted molar refractivity (Wildman–Crippen MR) is 142 cm³/mol. The Morgan fingerprint density at radius 3 is 2.76 bits per heavy atom. The van der Waals surface area contributed by atoms with Crippen LogP contribution in [0.15, 0.2) is 55.1 Å². The SMILES string of the molecule is CC(C)CC(O)Nc1cncc(-c2cnc3n[nH]c(-c4nc5c(-c6ccc(F)s6)nccc5[nH]4)c3c2)c1. The predicted octanol–water partition coefficient (Wildman–Crippen LogP) is 5.60. The van der Waals surface area contributed by atoms with Crippen molar-refractivity contribution in [2.45, 2.75) is 26.5 Å². The maximum atomic E-state index is 13.7. The van der Waals surface area contributed by atoms with Gasteiger partial charge in [-0.25, -0.2) is 9.97 Å². The number of nitrogens with zero attached hydrogens (tertiary/aromatic N) is 5. The smallest absolute Gasteiger partial charge is 0.181 e. The largest absolute Gasteiger partial charge is 0.374 e. The van der Waals surface area contributed by atoms with Crippen molar-refractivity contribution in [3.8, 4) is 33.2 Å². The van der Waals surface area contributed by atoms with Crippen LogP contribution in [0.4, 0.5) is 10.1 Å². The number of nitrogens with one attached hydrogen (secondary N) is 3. The van der Waals surface area contributed by atoms with E-state index in [4.69, 9.17) is 4.98 Å². The van der Waals surface area contributed by atoms with E-state index < -0.39 is 6.23 Å². The van der Waals surface area contributed by atoms with Crippen LogP contribution < -0.4 is 5.32 Å². The van der Waals surface area contributed by atoms with Crippen molar-refractivity contribution in [1.82, 2.24) is 35.1 Å². The summed E-state index contributed by atoms with van der Waals surface area (Å²) in [4.78, 5) is 22.1. The second kappa shape index (κ2) is 9.34. The van der Waals surface area contributed by atoms with E-state index in [9.17, 15) is 9.50 Å². The van der Waals surface area contributed by atoms with Gasteiger partial charge in [-0.3, -0.25) is 15.1 Å². The Hall–Kier alpha value is -4.22. The van der Waals surface area contributed by atoms with Crippen molar-refractivity contribution in [3.05, 3.63) is 60.3 Å². The zero-order chi connectivity index (χ0) is 25.5. The molecule has 0 aromatic carbocycles. The van der Waals surface area contributed by atoms with Crippen LogP contribution in [0.2, 0.25) is 0 Å². The fourth-order valence-electron chi connectivity index (χ4n) is 4.29. The number of imidazole rings is 1. The highest BCUT2D eigenvalue weighted by Gasteiger charge is 2.18. The Morgan fingerprint density at radius 2 is 1.95 bits per heavy atom. The quantitative estimate of drug-likeness (QED) is 0.204. The second-order valence-electron chi connectivity index (χ2n) is 9.19. The minimum Gasteiger partial charge on any atom is -0.374 e. The fraction of sp³-hybridized carbons (Fsp3) is 0.192. The number of anilines is 1. The molecule has 186 valence electrons. The maximum Gasteiger partial charge on any atom is 0.181 e. The third-order valence-electron chi connectivity index (χ3n) is 5.95. The third kappa shape index (κ3) is 4.54. The molecule has 6 heterocycles. The van der Waals surface area contributed by atoms with E-state index in [0.717, 1.165) is 39.1 Å². The number of aromatic amines is 2. The first-order valence-corrected chi connectivity index (χ1v) is 12.6. The molecule has 0 amide bonds. The van der Waals surface area contributed by atoms with Gasteiger partial charge in [0, 0.05) is 29.7 Å². The second-order valence-corrected chi connectivity index (χ2v) is 10.2. The summed E-state index contributed by atoms with van der Waals surface area (Å²) in [6, 6.07) is 8.87. The van der Waals surface area contributed by atoms with Gasteiger partial charge < -0.3 is 15.4 Å². The van der Waals surface area contributed by atoms with Crippen LogP contribution in [0.3, 0.4) is 0 Å². The Kier molecular flexibility index (Phi) is 5.85. The summed E-state index contributed by atoms with van der Waals surface area (Å²) in [7, 11) is 0. The van der Waals surface area contributed by atoms with Crippen LogP contribution in [-0.2, 0) is 0 Å². The number of aromatic nitrogens is 7. The lowest BCUT2D eigenvalue weighted by molar-refractivity contribution is 0.176. The minimum atomic E-state index is -0.656. The van der Waals surface area contributed by atoms with E-state index in [1.807, 2.05) is 18.2 Å². The Balaban J connectivity index is 1.37. The first-order valence-electron chi connectivity index (χ1n) is 11.8. The monoisotopic (exact) mass is 514 g/mol. The number of pyridine rings is 3. The normalized spacial score (nSPS) is 12.6. The molecule has 1 atom stereocenters. The number of hydrogen-bond acceptors (Lipinski definition) is 8. The van der Waals surface area contributed by atoms with Gasteiger partial charge in [0.25, 0.3) is 0 Å². The van der Waals surface area contributed by atoms with Crippen molar-refractivity contribution < 1.29 is 9.50 Å². The van der Waals surface area contributed by atoms with E-state index in [-0.39, 0.29) is 5.13 Å². The van der Waals surface area contributed by atoms with Gasteiger partial charge in [0.2, 0.25) is 0 Å². The molecular formula is C26H23FN8OS. The number of halogens is 1. The molecule has 0 saturated carbocycles. The number of aliphatic hydroxyl groups excluding tert-OH is 1. The highest BCUT2D eigenvalue weighted by molar-refractivity contribution is 7.13. The van der Waals surface area contributed by atoms with Gasteiger partial charge in [0.15, 0.2) is 16.6 Å². The number of fused-ring (bicyclic) bond motifs is 2. The third-order valence-corrected chi connectivity index (χ3v) is 6.83. The first kappa shape index (κ1) is 23.2. The average Bonchev–Trinajstić information content (AvgIpc) is 3.60. The van der Waals surface area contributed by atoms with Gasteiger partial charge in [0.05, 0.1) is 27.7 Å². The molecule has 1 unspecified atom stereocenters. The van der Waals surface area contributed by atoms with Crippen LogP contribution >= 0.6 is 11.3 Å². The van der Waals surface area contributed by atoms with Crippen LogP contribution in [0, 0.1) is 11.0 Å². The van der Waals surface area contributed by atoms with Gasteiger partial charge in [-0.1, -0.05) is 13.8 Å². The highest BCUT2D eigenvalue weighted by Crippen LogP contribution is 2.34. The molecule has 4 N–H and O–H groups in total. The molecule has 37 heavy (non-hydrogen) atoms. The van der Waals surface area contributed by atoms with Crippen molar-refractivity contribution >= 4 is 39.1 Å². The molecule has 0 spiro atoms. The average molecular weight is 515 g/mol. The number of thiophene rings is 1. The molecule has 0 fully saturated rings. The van der Waals surface area contributed by atoms with E-state index >= 15 is 0 Å². The zero-order valence-electron chi connectivity index (χ0n) is 20.0. The van der Waals surface area contributed by atoms with Crippen molar-refractivity contribution in [2.24, 2.45) is 5.92 Å². The number of rotatable bonds is 7. The molecule has 11 heteroatoms. The molecular weight excluding hydrogens is 491 g/mol. The molecule has 0 aliphatic rings. The number of hydrogen-bond donors (Lipinski definition) is 4. The van der Waals surface area contributed by atoms with Gasteiger partial charge in [-0.15, -0.1) is 11.3 Å². The number of H-pyrrole nitrogens is 2. The van der Waals surface area contributed by atoms with Crippen molar-refractivity contribution in [1.29, 1.82) is 0 Å². The van der Waals surface area contributed by atoms with Gasteiger partial charge >= 0.3 is 0 Å². The molecule has 0 saturated heterocycles. The molecule has 6 rings (SSSR count). The Bertz CT molecular complexity index is 1720. The van der Waals surface area contributed by atoms with E-state index in [1.54, 1.807) is 30.9 Å². The molecule has 6 aromatic rings. The summed E-state index contributed by atoms with van der Waals surface area (Å²) in [5, 5.41) is 21.3. The van der Waals surface area contributed by atoms with Crippen LogP contribution in [0.5, 0.6) is 0 Å².